The Morgan fingerprint density at radius 1 is 1.15 bits per heavy atom. The number of hydrogen-bond acceptors (Lipinski definition) is 2. The SMILES string of the molecule is CC1=Nc2ccc(Cl)cc2CC(c2ccccc2)N1C. The number of nitrogens with zero attached hydrogens (tertiary/aromatic N) is 2. The van der Waals surface area contributed by atoms with Crippen LogP contribution < -0.4 is 0 Å². The molecule has 0 amide bonds. The molecule has 3 heteroatoms. The van der Waals surface area contributed by atoms with E-state index in [4.69, 9.17) is 16.6 Å². The minimum Gasteiger partial charge on any atom is -0.356 e. The van der Waals surface area contributed by atoms with Crippen molar-refractivity contribution in [2.24, 2.45) is 4.99 Å². The Kier molecular flexibility index (Phi) is 3.49. The maximum Gasteiger partial charge on any atom is 0.102 e. The Hall–Kier alpha value is -1.80. The second-order valence-electron chi connectivity index (χ2n) is 5.17. The molecule has 2 aromatic carbocycles. The van der Waals surface area contributed by atoms with E-state index in [0.717, 1.165) is 23.0 Å². The van der Waals surface area contributed by atoms with Gasteiger partial charge in [-0.15, -0.1) is 0 Å². The first-order chi connectivity index (χ1) is 9.65. The highest BCUT2D eigenvalue weighted by Gasteiger charge is 2.23. The molecule has 2 aromatic rings. The van der Waals surface area contributed by atoms with Crippen LogP contribution in [0.5, 0.6) is 0 Å². The first kappa shape index (κ1) is 13.2. The molecule has 1 atom stereocenters. The second kappa shape index (κ2) is 5.29. The van der Waals surface area contributed by atoms with Gasteiger partial charge >= 0.3 is 0 Å². The quantitative estimate of drug-likeness (QED) is 0.746. The zero-order valence-corrected chi connectivity index (χ0v) is 12.4. The molecular weight excluding hydrogens is 268 g/mol. The van der Waals surface area contributed by atoms with Crippen molar-refractivity contribution in [3.63, 3.8) is 0 Å². The Morgan fingerprint density at radius 3 is 2.65 bits per heavy atom. The largest absolute Gasteiger partial charge is 0.356 e. The van der Waals surface area contributed by atoms with E-state index in [0.29, 0.717) is 6.04 Å². The van der Waals surface area contributed by atoms with Gasteiger partial charge in [0.25, 0.3) is 0 Å². The van der Waals surface area contributed by atoms with Crippen LogP contribution in [-0.2, 0) is 6.42 Å². The van der Waals surface area contributed by atoms with Crippen molar-refractivity contribution in [3.05, 3.63) is 64.7 Å². The first-order valence-electron chi connectivity index (χ1n) is 6.76. The molecule has 0 aromatic heterocycles. The van der Waals surface area contributed by atoms with Gasteiger partial charge in [-0.2, -0.15) is 0 Å². The van der Waals surface area contributed by atoms with Crippen molar-refractivity contribution in [3.8, 4) is 0 Å². The summed E-state index contributed by atoms with van der Waals surface area (Å²) in [4.78, 5) is 6.96. The number of amidine groups is 1. The highest BCUT2D eigenvalue weighted by molar-refractivity contribution is 6.30. The van der Waals surface area contributed by atoms with Crippen molar-refractivity contribution in [2.45, 2.75) is 19.4 Å². The molecule has 0 spiro atoms. The van der Waals surface area contributed by atoms with Crippen LogP contribution in [0.4, 0.5) is 5.69 Å². The number of fused-ring (bicyclic) bond motifs is 1. The summed E-state index contributed by atoms with van der Waals surface area (Å²) in [6, 6.07) is 16.8. The molecule has 0 N–H and O–H groups in total. The summed E-state index contributed by atoms with van der Waals surface area (Å²) in [5, 5.41) is 0.771. The lowest BCUT2D eigenvalue weighted by Crippen LogP contribution is -2.29. The fourth-order valence-electron chi connectivity index (χ4n) is 2.67. The number of halogens is 1. The van der Waals surface area contributed by atoms with E-state index in [1.165, 1.54) is 11.1 Å². The smallest absolute Gasteiger partial charge is 0.102 e. The van der Waals surface area contributed by atoms with Gasteiger partial charge in [-0.05, 0) is 42.7 Å². The fraction of sp³-hybridized carbons (Fsp3) is 0.235. The average Bonchev–Trinajstić information content (AvgIpc) is 2.58. The molecule has 0 radical (unpaired) electrons. The third-order valence-corrected chi connectivity index (χ3v) is 4.13. The van der Waals surface area contributed by atoms with Gasteiger partial charge in [0.15, 0.2) is 0 Å². The third kappa shape index (κ3) is 2.44. The molecule has 20 heavy (non-hydrogen) atoms. The van der Waals surface area contributed by atoms with Gasteiger partial charge < -0.3 is 4.90 Å². The van der Waals surface area contributed by atoms with Crippen molar-refractivity contribution in [1.29, 1.82) is 0 Å². The summed E-state index contributed by atoms with van der Waals surface area (Å²) in [5.41, 5.74) is 3.53. The van der Waals surface area contributed by atoms with Crippen LogP contribution in [0.2, 0.25) is 5.02 Å². The van der Waals surface area contributed by atoms with E-state index in [-0.39, 0.29) is 0 Å². The van der Waals surface area contributed by atoms with E-state index in [1.807, 2.05) is 24.3 Å². The van der Waals surface area contributed by atoms with E-state index in [9.17, 15) is 0 Å². The third-order valence-electron chi connectivity index (χ3n) is 3.90. The Balaban J connectivity index is 2.08. The highest BCUT2D eigenvalue weighted by Crippen LogP contribution is 2.34. The van der Waals surface area contributed by atoms with Gasteiger partial charge in [-0.1, -0.05) is 41.9 Å². The van der Waals surface area contributed by atoms with Gasteiger partial charge in [0.2, 0.25) is 0 Å². The van der Waals surface area contributed by atoms with Gasteiger partial charge in [0.1, 0.15) is 5.84 Å². The molecule has 1 aliphatic rings. The Bertz CT molecular complexity index is 649. The van der Waals surface area contributed by atoms with Crippen LogP contribution in [0.1, 0.15) is 24.1 Å². The fourth-order valence-corrected chi connectivity index (χ4v) is 2.86. The van der Waals surface area contributed by atoms with E-state index in [2.05, 4.69) is 43.1 Å². The first-order valence-corrected chi connectivity index (χ1v) is 7.14. The molecular formula is C17H17ClN2. The van der Waals surface area contributed by atoms with E-state index in [1.54, 1.807) is 0 Å². The van der Waals surface area contributed by atoms with Crippen LogP contribution in [0.25, 0.3) is 0 Å². The Labute approximate surface area is 124 Å². The van der Waals surface area contributed by atoms with Crippen molar-refractivity contribution >= 4 is 23.1 Å². The molecule has 1 unspecified atom stereocenters. The zero-order valence-electron chi connectivity index (χ0n) is 11.7. The summed E-state index contributed by atoms with van der Waals surface area (Å²) in [6.45, 7) is 2.06. The van der Waals surface area contributed by atoms with Crippen molar-refractivity contribution < 1.29 is 0 Å². The molecule has 0 bridgehead atoms. The standard InChI is InChI=1S/C17H17ClN2/c1-12-19-16-9-8-15(18)10-14(16)11-17(20(12)2)13-6-4-3-5-7-13/h3-10,17H,11H2,1-2H3. The molecule has 0 aliphatic carbocycles. The maximum absolute atomic E-state index is 6.13. The molecule has 102 valence electrons. The zero-order chi connectivity index (χ0) is 14.1. The van der Waals surface area contributed by atoms with Gasteiger partial charge in [0.05, 0.1) is 11.7 Å². The lowest BCUT2D eigenvalue weighted by Gasteiger charge is -2.28. The van der Waals surface area contributed by atoms with Crippen molar-refractivity contribution in [2.75, 3.05) is 7.05 Å². The van der Waals surface area contributed by atoms with Crippen molar-refractivity contribution in [1.82, 2.24) is 4.90 Å². The normalized spacial score (nSPS) is 18.2. The van der Waals surface area contributed by atoms with Gasteiger partial charge in [-0.3, -0.25) is 0 Å². The van der Waals surface area contributed by atoms with Crippen LogP contribution in [0.3, 0.4) is 0 Å². The highest BCUT2D eigenvalue weighted by atomic mass is 35.5. The summed E-state index contributed by atoms with van der Waals surface area (Å²) in [6.07, 6.45) is 0.914. The molecule has 3 rings (SSSR count). The maximum atomic E-state index is 6.13. The van der Waals surface area contributed by atoms with Crippen LogP contribution in [0.15, 0.2) is 53.5 Å². The molecule has 0 saturated heterocycles. The summed E-state index contributed by atoms with van der Waals surface area (Å²) in [5.74, 6) is 1.03. The van der Waals surface area contributed by atoms with Crippen LogP contribution in [-0.4, -0.2) is 17.8 Å². The Morgan fingerprint density at radius 2 is 1.90 bits per heavy atom. The van der Waals surface area contributed by atoms with Crippen LogP contribution >= 0.6 is 11.6 Å². The number of hydrogen-bond donors (Lipinski definition) is 0. The summed E-state index contributed by atoms with van der Waals surface area (Å²) >= 11 is 6.13. The number of likely N-dealkylation sites (N-methyl/N-ethyl adjacent to an activating group) is 1. The lowest BCUT2D eigenvalue weighted by atomic mass is 9.97. The minimum absolute atomic E-state index is 0.291. The summed E-state index contributed by atoms with van der Waals surface area (Å²) in [7, 11) is 2.10. The van der Waals surface area contributed by atoms with Gasteiger partial charge in [-0.25, -0.2) is 4.99 Å². The topological polar surface area (TPSA) is 15.6 Å². The molecule has 1 aliphatic heterocycles. The minimum atomic E-state index is 0.291. The van der Waals surface area contributed by atoms with Crippen LogP contribution in [0, 0.1) is 0 Å². The van der Waals surface area contributed by atoms with Gasteiger partial charge in [0, 0.05) is 12.1 Å². The lowest BCUT2D eigenvalue weighted by molar-refractivity contribution is 0.374. The number of aliphatic imine (C=N–C) groups is 1. The molecule has 0 fully saturated rings. The second-order valence-corrected chi connectivity index (χ2v) is 5.61. The number of rotatable bonds is 1. The average molecular weight is 285 g/mol. The monoisotopic (exact) mass is 284 g/mol. The summed E-state index contributed by atoms with van der Waals surface area (Å²) < 4.78 is 0. The number of benzene rings is 2. The van der Waals surface area contributed by atoms with E-state index >= 15 is 0 Å². The predicted octanol–water partition coefficient (Wildman–Crippen LogP) is 4.62. The molecule has 2 nitrogen and oxygen atoms in total. The molecule has 0 saturated carbocycles. The predicted molar refractivity (Wildman–Crippen MR) is 84.9 cm³/mol. The molecule has 1 heterocycles. The van der Waals surface area contributed by atoms with E-state index < -0.39 is 0 Å².